The van der Waals surface area contributed by atoms with Gasteiger partial charge in [0, 0.05) is 12.7 Å². The zero-order chi connectivity index (χ0) is 13.5. The normalized spacial score (nSPS) is 11.6. The lowest BCUT2D eigenvalue weighted by Gasteiger charge is -2.07. The van der Waals surface area contributed by atoms with Crippen molar-refractivity contribution in [1.29, 1.82) is 0 Å². The lowest BCUT2D eigenvalue weighted by atomic mass is 10.1. The van der Waals surface area contributed by atoms with Gasteiger partial charge in [0.1, 0.15) is 0 Å². The van der Waals surface area contributed by atoms with Crippen molar-refractivity contribution in [3.05, 3.63) is 46.0 Å². The van der Waals surface area contributed by atoms with Gasteiger partial charge in [-0.1, -0.05) is 30.3 Å². The summed E-state index contributed by atoms with van der Waals surface area (Å²) in [6.07, 6.45) is -1.80. The maximum Gasteiger partial charge on any atom is 0.394 e. The smallest absolute Gasteiger partial charge is 0.340 e. The van der Waals surface area contributed by atoms with Crippen molar-refractivity contribution < 1.29 is 19.2 Å². The number of amides is 1. The quantitative estimate of drug-likeness (QED) is 0.338. The molecule has 1 rings (SSSR count). The molecule has 96 valence electrons. The first kappa shape index (κ1) is 13.8. The number of hydrogen-bond donors (Lipinski definition) is 1. The van der Waals surface area contributed by atoms with Gasteiger partial charge < -0.3 is 10.1 Å². The molecule has 0 radical (unpaired) electrons. The maximum absolute atomic E-state index is 11.6. The van der Waals surface area contributed by atoms with Crippen LogP contribution < -0.4 is 5.32 Å². The molecule has 0 aliphatic carbocycles. The Balaban J connectivity index is 2.53. The van der Waals surface area contributed by atoms with Gasteiger partial charge in [0.25, 0.3) is 0 Å². The number of ether oxygens (including phenoxy) is 1. The third-order valence-corrected chi connectivity index (χ3v) is 2.16. The molecule has 7 nitrogen and oxygen atoms in total. The van der Waals surface area contributed by atoms with Crippen molar-refractivity contribution in [2.45, 2.75) is 6.23 Å². The average Bonchev–Trinajstić information content (AvgIpc) is 2.37. The highest BCUT2D eigenvalue weighted by atomic mass is 16.7. The fourth-order valence-electron chi connectivity index (χ4n) is 1.27. The summed E-state index contributed by atoms with van der Waals surface area (Å²) in [5.41, 5.74) is 0.424. The highest BCUT2D eigenvalue weighted by molar-refractivity contribution is 5.99. The highest BCUT2D eigenvalue weighted by Crippen LogP contribution is 1.99. The van der Waals surface area contributed by atoms with E-state index in [-0.39, 0.29) is 12.3 Å². The van der Waals surface area contributed by atoms with Crippen LogP contribution in [0.2, 0.25) is 0 Å². The molecule has 1 N–H and O–H groups in total. The van der Waals surface area contributed by atoms with E-state index in [2.05, 4.69) is 10.1 Å². The molecule has 1 atom stereocenters. The summed E-state index contributed by atoms with van der Waals surface area (Å²) in [6.45, 7) is -0.309. The van der Waals surface area contributed by atoms with Crippen LogP contribution in [0.15, 0.2) is 30.3 Å². The van der Waals surface area contributed by atoms with Crippen LogP contribution in [0.25, 0.3) is 0 Å². The van der Waals surface area contributed by atoms with Gasteiger partial charge >= 0.3 is 12.1 Å². The number of carbonyl (C=O) groups excluding carboxylic acids is 2. The van der Waals surface area contributed by atoms with Crippen molar-refractivity contribution in [3.8, 4) is 0 Å². The second kappa shape index (κ2) is 6.45. The third kappa shape index (κ3) is 3.63. The highest BCUT2D eigenvalue weighted by Gasteiger charge is 2.29. The molecule has 1 aromatic carbocycles. The largest absolute Gasteiger partial charge is 0.394 e. The number of rotatable bonds is 6. The Hall–Kier alpha value is -2.28. The minimum atomic E-state index is -1.80. The van der Waals surface area contributed by atoms with Crippen LogP contribution in [0.4, 0.5) is 0 Å². The summed E-state index contributed by atoms with van der Waals surface area (Å²) in [6, 6.07) is 8.31. The van der Waals surface area contributed by atoms with Gasteiger partial charge in [-0.15, -0.1) is 0 Å². The Morgan fingerprint density at radius 1 is 1.39 bits per heavy atom. The van der Waals surface area contributed by atoms with Crippen molar-refractivity contribution in [2.24, 2.45) is 0 Å². The van der Waals surface area contributed by atoms with Crippen molar-refractivity contribution in [2.75, 3.05) is 13.7 Å². The predicted octanol–water partition coefficient (Wildman–Crippen LogP) is 0.235. The summed E-state index contributed by atoms with van der Waals surface area (Å²) in [5, 5.41) is 12.6. The fourth-order valence-corrected chi connectivity index (χ4v) is 1.27. The number of ketones is 1. The lowest BCUT2D eigenvalue weighted by molar-refractivity contribution is -0.555. The summed E-state index contributed by atoms with van der Waals surface area (Å²) in [5.74, 6) is -1.28. The second-order valence-corrected chi connectivity index (χ2v) is 3.38. The van der Waals surface area contributed by atoms with Gasteiger partial charge in [-0.2, -0.15) is 0 Å². The number of benzene rings is 1. The van der Waals surface area contributed by atoms with Crippen LogP contribution in [0, 0.1) is 10.1 Å². The first-order valence-electron chi connectivity index (χ1n) is 5.08. The molecule has 0 aliphatic rings. The standard InChI is InChI=1S/C11H12N2O5/c1-18-11(13(16)17)10(15)12-7-9(14)8-5-3-2-4-6-8/h2-6,11H,7H2,1H3,(H,12,15). The molecule has 1 unspecified atom stereocenters. The molecule has 0 bridgehead atoms. The van der Waals surface area contributed by atoms with Crippen LogP contribution in [0.3, 0.4) is 0 Å². The number of nitrogens with zero attached hydrogens (tertiary/aromatic N) is 1. The number of Topliss-reactive ketones (excluding diaryl/α,β-unsaturated/α-hetero) is 1. The monoisotopic (exact) mass is 252 g/mol. The molecule has 0 saturated heterocycles. The molecule has 7 heteroatoms. The van der Waals surface area contributed by atoms with E-state index < -0.39 is 17.1 Å². The minimum Gasteiger partial charge on any atom is -0.340 e. The first-order valence-corrected chi connectivity index (χ1v) is 5.08. The number of hydrogen-bond acceptors (Lipinski definition) is 5. The van der Waals surface area contributed by atoms with Gasteiger partial charge in [-0.3, -0.25) is 19.7 Å². The van der Waals surface area contributed by atoms with E-state index in [1.54, 1.807) is 30.3 Å². The van der Waals surface area contributed by atoms with Gasteiger partial charge in [0.05, 0.1) is 11.5 Å². The molecule has 0 aliphatic heterocycles. The van der Waals surface area contributed by atoms with Crippen LogP contribution in [0.1, 0.15) is 10.4 Å². The van der Waals surface area contributed by atoms with Crippen molar-refractivity contribution in [3.63, 3.8) is 0 Å². The summed E-state index contributed by atoms with van der Waals surface area (Å²) in [4.78, 5) is 32.5. The molecule has 0 saturated carbocycles. The molecule has 18 heavy (non-hydrogen) atoms. The van der Waals surface area contributed by atoms with Crippen LogP contribution in [-0.2, 0) is 9.53 Å². The van der Waals surface area contributed by atoms with E-state index in [0.717, 1.165) is 7.11 Å². The summed E-state index contributed by atoms with van der Waals surface area (Å²) >= 11 is 0. The number of methoxy groups -OCH3 is 1. The number of carbonyl (C=O) groups is 2. The molecule has 1 aromatic rings. The van der Waals surface area contributed by atoms with E-state index in [1.807, 2.05) is 0 Å². The van der Waals surface area contributed by atoms with E-state index >= 15 is 0 Å². The Kier molecular flexibility index (Phi) is 4.94. The molecular weight excluding hydrogens is 240 g/mol. The van der Waals surface area contributed by atoms with E-state index in [4.69, 9.17) is 0 Å². The van der Waals surface area contributed by atoms with Crippen LogP contribution in [-0.4, -0.2) is 36.5 Å². The van der Waals surface area contributed by atoms with Gasteiger partial charge in [-0.25, -0.2) is 0 Å². The molecule has 0 spiro atoms. The zero-order valence-corrected chi connectivity index (χ0v) is 9.66. The third-order valence-electron chi connectivity index (χ3n) is 2.16. The van der Waals surface area contributed by atoms with Crippen LogP contribution in [0.5, 0.6) is 0 Å². The van der Waals surface area contributed by atoms with Gasteiger partial charge in [0.15, 0.2) is 5.78 Å². The second-order valence-electron chi connectivity index (χ2n) is 3.38. The Bertz CT molecular complexity index is 446. The average molecular weight is 252 g/mol. The van der Waals surface area contributed by atoms with Crippen LogP contribution >= 0.6 is 0 Å². The predicted molar refractivity (Wildman–Crippen MR) is 61.6 cm³/mol. The molecular formula is C11H12N2O5. The Morgan fingerprint density at radius 3 is 2.50 bits per heavy atom. The summed E-state index contributed by atoms with van der Waals surface area (Å²) < 4.78 is 4.39. The van der Waals surface area contributed by atoms with Gasteiger partial charge in [0.2, 0.25) is 0 Å². The molecule has 0 heterocycles. The fraction of sp³-hybridized carbons (Fsp3) is 0.273. The van der Waals surface area contributed by atoms with E-state index in [1.165, 1.54) is 0 Å². The molecule has 1 amide bonds. The minimum absolute atomic E-state index is 0.309. The molecule has 0 fully saturated rings. The van der Waals surface area contributed by atoms with E-state index in [9.17, 15) is 19.7 Å². The SMILES string of the molecule is COC(C(=O)NCC(=O)c1ccccc1)[N+](=O)[O-]. The van der Waals surface area contributed by atoms with Gasteiger partial charge in [-0.05, 0) is 0 Å². The molecule has 0 aromatic heterocycles. The lowest BCUT2D eigenvalue weighted by Crippen LogP contribution is -2.42. The number of nitro groups is 1. The van der Waals surface area contributed by atoms with Crippen molar-refractivity contribution >= 4 is 11.7 Å². The first-order chi connectivity index (χ1) is 8.56. The Labute approximate surface area is 103 Å². The number of nitrogens with one attached hydrogen (secondary N) is 1. The van der Waals surface area contributed by atoms with Crippen molar-refractivity contribution in [1.82, 2.24) is 5.32 Å². The summed E-state index contributed by atoms with van der Waals surface area (Å²) in [7, 11) is 1.05. The van der Waals surface area contributed by atoms with E-state index in [0.29, 0.717) is 5.56 Å². The zero-order valence-electron chi connectivity index (χ0n) is 9.66. The maximum atomic E-state index is 11.6. The topological polar surface area (TPSA) is 98.5 Å². The Morgan fingerprint density at radius 2 is 2.00 bits per heavy atom.